The van der Waals surface area contributed by atoms with E-state index in [9.17, 15) is 35.9 Å². The Morgan fingerprint density at radius 2 is 0.938 bits per heavy atom. The van der Waals surface area contributed by atoms with Crippen LogP contribution in [0.3, 0.4) is 0 Å². The van der Waals surface area contributed by atoms with E-state index in [1.165, 1.54) is 33.6 Å². The number of nitrogens with one attached hydrogen (secondary N) is 2. The normalized spacial score (nSPS) is 13.4. The fourth-order valence-electron chi connectivity index (χ4n) is 4.95. The number of alkyl halides is 6. The quantitative estimate of drug-likeness (QED) is 0.177. The second-order valence-electron chi connectivity index (χ2n) is 10.8. The standard InChI is InChI=1S/2C15H12BrF3N4O/c2*1-7(9-3-5-10(6-4-9)15(17,18)19)23-13-11(12(16)22-23)14(24)21-8(2)20-13/h2*3-7H,1-2H3,(H,20,21,24)/t2*7-/m10/s1. The third-order valence-electron chi connectivity index (χ3n) is 7.45. The van der Waals surface area contributed by atoms with Gasteiger partial charge in [-0.2, -0.15) is 36.5 Å². The van der Waals surface area contributed by atoms with Crippen LogP contribution in [0.25, 0.3) is 22.1 Å². The predicted molar refractivity (Wildman–Crippen MR) is 172 cm³/mol. The minimum Gasteiger partial charge on any atom is -0.310 e. The van der Waals surface area contributed by atoms with Crippen molar-refractivity contribution in [2.45, 2.75) is 52.1 Å². The van der Waals surface area contributed by atoms with Crippen LogP contribution in [0.2, 0.25) is 0 Å². The SMILES string of the molecule is Cc1nc2c(c(Br)nn2[C@@H](C)c2ccc(C(F)(F)F)cc2)c(=O)[nH]1.Cc1nc2c(c(Br)nn2[C@H](C)c2ccc(C(F)(F)F)cc2)c(=O)[nH]1. The van der Waals surface area contributed by atoms with Gasteiger partial charge in [0.1, 0.15) is 31.6 Å². The zero-order valence-corrected chi connectivity index (χ0v) is 28.5. The molecule has 6 rings (SSSR count). The van der Waals surface area contributed by atoms with Gasteiger partial charge in [0, 0.05) is 0 Å². The molecule has 0 aliphatic carbocycles. The molecule has 0 bridgehead atoms. The molecule has 2 N–H and O–H groups in total. The monoisotopic (exact) mass is 800 g/mol. The van der Waals surface area contributed by atoms with Gasteiger partial charge < -0.3 is 9.97 Å². The van der Waals surface area contributed by atoms with Crippen molar-refractivity contribution in [1.29, 1.82) is 0 Å². The lowest BCUT2D eigenvalue weighted by molar-refractivity contribution is -0.138. The summed E-state index contributed by atoms with van der Waals surface area (Å²) < 4.78 is 79.7. The van der Waals surface area contributed by atoms with Gasteiger partial charge in [-0.3, -0.25) is 9.59 Å². The first-order chi connectivity index (χ1) is 22.4. The molecule has 18 heteroatoms. The van der Waals surface area contributed by atoms with E-state index in [2.05, 4.69) is 62.0 Å². The molecule has 0 aliphatic rings. The number of fused-ring (bicyclic) bond motifs is 2. The lowest BCUT2D eigenvalue weighted by Crippen LogP contribution is -2.13. The maximum absolute atomic E-state index is 12.7. The summed E-state index contributed by atoms with van der Waals surface area (Å²) in [4.78, 5) is 37.9. The highest BCUT2D eigenvalue weighted by Crippen LogP contribution is 2.33. The maximum atomic E-state index is 12.7. The average Bonchev–Trinajstić information content (AvgIpc) is 3.52. The summed E-state index contributed by atoms with van der Waals surface area (Å²) in [6.07, 6.45) is -8.76. The summed E-state index contributed by atoms with van der Waals surface area (Å²) in [7, 11) is 0. The van der Waals surface area contributed by atoms with Gasteiger partial charge >= 0.3 is 12.4 Å². The molecule has 48 heavy (non-hydrogen) atoms. The second-order valence-corrected chi connectivity index (χ2v) is 12.3. The first-order valence-corrected chi connectivity index (χ1v) is 15.6. The number of halogens is 8. The zero-order chi connectivity index (χ0) is 35.3. The summed E-state index contributed by atoms with van der Waals surface area (Å²) in [5.41, 5.74) is -0.0819. The Morgan fingerprint density at radius 3 is 1.23 bits per heavy atom. The average molecular weight is 802 g/mol. The van der Waals surface area contributed by atoms with Gasteiger partial charge in [0.2, 0.25) is 0 Å². The van der Waals surface area contributed by atoms with E-state index in [0.717, 1.165) is 24.3 Å². The molecule has 2 aromatic carbocycles. The molecule has 0 saturated carbocycles. The van der Waals surface area contributed by atoms with E-state index in [-0.39, 0.29) is 11.1 Å². The molecule has 10 nitrogen and oxygen atoms in total. The van der Waals surface area contributed by atoms with E-state index in [0.29, 0.717) is 54.0 Å². The number of H-pyrrole nitrogens is 2. The predicted octanol–water partition coefficient (Wildman–Crippen LogP) is 7.64. The summed E-state index contributed by atoms with van der Waals surface area (Å²) in [6.45, 7) is 6.85. The smallest absolute Gasteiger partial charge is 0.310 e. The van der Waals surface area contributed by atoms with Crippen molar-refractivity contribution in [1.82, 2.24) is 39.5 Å². The van der Waals surface area contributed by atoms with Crippen molar-refractivity contribution >= 4 is 53.9 Å². The molecule has 0 fully saturated rings. The molecule has 4 aromatic heterocycles. The Morgan fingerprint density at radius 1 is 0.625 bits per heavy atom. The first kappa shape index (κ1) is 35.0. The fraction of sp³-hybridized carbons (Fsp3) is 0.267. The van der Waals surface area contributed by atoms with Gasteiger partial charge in [0.15, 0.2) is 11.3 Å². The Bertz CT molecular complexity index is 2080. The molecule has 0 radical (unpaired) electrons. The summed E-state index contributed by atoms with van der Waals surface area (Å²) in [5.74, 6) is 0.863. The van der Waals surface area contributed by atoms with Crippen LogP contribution in [-0.4, -0.2) is 39.5 Å². The Hall–Kier alpha value is -4.32. The molecule has 2 atom stereocenters. The van der Waals surface area contributed by atoms with E-state index >= 15 is 0 Å². The van der Waals surface area contributed by atoms with Gasteiger partial charge in [-0.25, -0.2) is 19.3 Å². The van der Waals surface area contributed by atoms with Crippen molar-refractivity contribution in [2.24, 2.45) is 0 Å². The second kappa shape index (κ2) is 12.9. The molecule has 0 aliphatic heterocycles. The third-order valence-corrected chi connectivity index (χ3v) is 8.56. The third kappa shape index (κ3) is 6.94. The zero-order valence-electron chi connectivity index (χ0n) is 25.3. The van der Waals surface area contributed by atoms with Gasteiger partial charge in [-0.15, -0.1) is 0 Å². The number of benzene rings is 2. The van der Waals surface area contributed by atoms with Crippen LogP contribution in [-0.2, 0) is 12.4 Å². The van der Waals surface area contributed by atoms with Crippen LogP contribution < -0.4 is 11.1 Å². The summed E-state index contributed by atoms with van der Waals surface area (Å²) in [6, 6.07) is 8.91. The van der Waals surface area contributed by atoms with E-state index in [4.69, 9.17) is 0 Å². The van der Waals surface area contributed by atoms with E-state index in [1.54, 1.807) is 27.7 Å². The highest BCUT2D eigenvalue weighted by molar-refractivity contribution is 9.10. The first-order valence-electron chi connectivity index (χ1n) is 14.0. The largest absolute Gasteiger partial charge is 0.416 e. The van der Waals surface area contributed by atoms with Crippen molar-refractivity contribution in [3.8, 4) is 0 Å². The highest BCUT2D eigenvalue weighted by atomic mass is 79.9. The lowest BCUT2D eigenvalue weighted by atomic mass is 10.1. The highest BCUT2D eigenvalue weighted by Gasteiger charge is 2.31. The van der Waals surface area contributed by atoms with Crippen molar-refractivity contribution in [2.75, 3.05) is 0 Å². The van der Waals surface area contributed by atoms with Crippen LogP contribution in [0, 0.1) is 13.8 Å². The minimum absolute atomic E-state index is 0.305. The Balaban J connectivity index is 0.000000188. The number of hydrogen-bond acceptors (Lipinski definition) is 6. The lowest BCUT2D eigenvalue weighted by Gasteiger charge is -2.15. The van der Waals surface area contributed by atoms with Crippen LogP contribution in [0.15, 0.2) is 67.3 Å². The number of hydrogen-bond donors (Lipinski definition) is 2. The molecule has 252 valence electrons. The fourth-order valence-corrected chi connectivity index (χ4v) is 6.01. The van der Waals surface area contributed by atoms with Gasteiger partial charge in [0.05, 0.1) is 23.2 Å². The topological polar surface area (TPSA) is 127 Å². The van der Waals surface area contributed by atoms with Gasteiger partial charge in [-0.1, -0.05) is 24.3 Å². The molecule has 0 saturated heterocycles. The number of nitrogens with zero attached hydrogens (tertiary/aromatic N) is 6. The summed E-state index contributed by atoms with van der Waals surface area (Å²) >= 11 is 6.46. The molecular weight excluding hydrogens is 778 g/mol. The maximum Gasteiger partial charge on any atom is 0.416 e. The molecule has 0 unspecified atom stereocenters. The van der Waals surface area contributed by atoms with E-state index < -0.39 is 35.6 Å². The van der Waals surface area contributed by atoms with Crippen molar-refractivity contribution in [3.63, 3.8) is 0 Å². The number of aromatic amines is 2. The number of rotatable bonds is 4. The minimum atomic E-state index is -4.38. The summed E-state index contributed by atoms with van der Waals surface area (Å²) in [5, 5.41) is 9.15. The molecule has 4 heterocycles. The molecular formula is C30H24Br2F6N8O2. The van der Waals surface area contributed by atoms with E-state index in [1.807, 2.05) is 0 Å². The van der Waals surface area contributed by atoms with Gasteiger partial charge in [-0.05, 0) is 94.9 Å². The molecule has 6 aromatic rings. The van der Waals surface area contributed by atoms with Crippen LogP contribution in [0.1, 0.15) is 59.8 Å². The van der Waals surface area contributed by atoms with Crippen LogP contribution in [0.5, 0.6) is 0 Å². The Labute approximate surface area is 283 Å². The Kier molecular flexibility index (Phi) is 9.44. The van der Waals surface area contributed by atoms with Crippen LogP contribution in [0.4, 0.5) is 26.3 Å². The number of aryl methyl sites for hydroxylation is 2. The number of aromatic nitrogens is 8. The van der Waals surface area contributed by atoms with Gasteiger partial charge in [0.25, 0.3) is 11.1 Å². The van der Waals surface area contributed by atoms with Crippen molar-refractivity contribution in [3.05, 3.63) is 112 Å². The molecule has 0 spiro atoms. The molecule has 0 amide bonds. The van der Waals surface area contributed by atoms with Crippen LogP contribution >= 0.6 is 31.9 Å². The van der Waals surface area contributed by atoms with Crippen molar-refractivity contribution < 1.29 is 26.3 Å².